The SMILES string of the molecule is CCC(CCC(CC)N1CCN(c2cc(OC)cc3cccnc23)CC1)c1cn(C)c2cc(F)ccc12. The van der Waals surface area contributed by atoms with Crippen LogP contribution in [0.2, 0.25) is 0 Å². The van der Waals surface area contributed by atoms with Crippen LogP contribution in [0.5, 0.6) is 5.75 Å². The number of hydrogen-bond donors (Lipinski definition) is 0. The first-order chi connectivity index (χ1) is 18.0. The number of aryl methyl sites for hydroxylation is 1. The van der Waals surface area contributed by atoms with Gasteiger partial charge in [0.25, 0.3) is 0 Å². The van der Waals surface area contributed by atoms with Crippen molar-refractivity contribution in [2.45, 2.75) is 51.5 Å². The molecule has 0 N–H and O–H groups in total. The van der Waals surface area contributed by atoms with Crippen LogP contribution in [0.25, 0.3) is 21.8 Å². The zero-order valence-electron chi connectivity index (χ0n) is 22.6. The molecule has 2 unspecified atom stereocenters. The summed E-state index contributed by atoms with van der Waals surface area (Å²) < 4.78 is 21.5. The molecule has 0 saturated carbocycles. The average Bonchev–Trinajstić information content (AvgIpc) is 3.25. The highest BCUT2D eigenvalue weighted by Crippen LogP contribution is 2.35. The molecule has 0 radical (unpaired) electrons. The van der Waals surface area contributed by atoms with E-state index in [0.717, 1.165) is 67.6 Å². The lowest BCUT2D eigenvalue weighted by molar-refractivity contribution is 0.167. The summed E-state index contributed by atoms with van der Waals surface area (Å²) in [5.41, 5.74) is 4.55. The van der Waals surface area contributed by atoms with Gasteiger partial charge < -0.3 is 14.2 Å². The van der Waals surface area contributed by atoms with Crippen LogP contribution in [0.4, 0.5) is 10.1 Å². The van der Waals surface area contributed by atoms with Gasteiger partial charge in [0.2, 0.25) is 0 Å². The van der Waals surface area contributed by atoms with Gasteiger partial charge in [0.05, 0.1) is 23.8 Å². The molecule has 0 bridgehead atoms. The summed E-state index contributed by atoms with van der Waals surface area (Å²) in [5, 5.41) is 2.31. The Kier molecular flexibility index (Phi) is 7.65. The smallest absolute Gasteiger partial charge is 0.125 e. The van der Waals surface area contributed by atoms with Gasteiger partial charge >= 0.3 is 0 Å². The topological polar surface area (TPSA) is 33.5 Å². The summed E-state index contributed by atoms with van der Waals surface area (Å²) in [6.07, 6.45) is 8.66. The molecule has 0 spiro atoms. The first kappa shape index (κ1) is 25.5. The van der Waals surface area contributed by atoms with Crippen LogP contribution in [-0.2, 0) is 7.05 Å². The number of nitrogens with zero attached hydrogens (tertiary/aromatic N) is 4. The van der Waals surface area contributed by atoms with E-state index in [1.54, 1.807) is 19.2 Å². The van der Waals surface area contributed by atoms with Crippen LogP contribution in [0, 0.1) is 5.82 Å². The number of pyridine rings is 1. The number of ether oxygens (including phenoxy) is 1. The van der Waals surface area contributed by atoms with Crippen LogP contribution in [0.1, 0.15) is 51.0 Å². The fourth-order valence-electron chi connectivity index (χ4n) is 6.16. The first-order valence-corrected chi connectivity index (χ1v) is 13.7. The Morgan fingerprint density at radius 2 is 1.81 bits per heavy atom. The van der Waals surface area contributed by atoms with Gasteiger partial charge in [-0.25, -0.2) is 4.39 Å². The zero-order valence-corrected chi connectivity index (χ0v) is 22.6. The van der Waals surface area contributed by atoms with Gasteiger partial charge in [0.1, 0.15) is 11.6 Å². The monoisotopic (exact) mass is 502 g/mol. The number of hydrogen-bond acceptors (Lipinski definition) is 4. The number of rotatable bonds is 9. The Labute approximate surface area is 219 Å². The minimum atomic E-state index is -0.170. The maximum atomic E-state index is 13.8. The molecule has 1 saturated heterocycles. The van der Waals surface area contributed by atoms with Crippen molar-refractivity contribution >= 4 is 27.5 Å². The van der Waals surface area contributed by atoms with Crippen molar-refractivity contribution < 1.29 is 9.13 Å². The third-order valence-corrected chi connectivity index (χ3v) is 8.30. The van der Waals surface area contributed by atoms with E-state index in [4.69, 9.17) is 4.74 Å². The summed E-state index contributed by atoms with van der Waals surface area (Å²) in [5.74, 6) is 1.20. The lowest BCUT2D eigenvalue weighted by Crippen LogP contribution is -2.50. The van der Waals surface area contributed by atoms with Crippen molar-refractivity contribution in [3.63, 3.8) is 0 Å². The van der Waals surface area contributed by atoms with E-state index in [1.807, 2.05) is 25.4 Å². The molecule has 5 rings (SSSR count). The summed E-state index contributed by atoms with van der Waals surface area (Å²) in [6.45, 7) is 8.67. The van der Waals surface area contributed by atoms with Gasteiger partial charge in [-0.2, -0.15) is 0 Å². The van der Waals surface area contributed by atoms with Gasteiger partial charge in [-0.15, -0.1) is 0 Å². The number of methoxy groups -OCH3 is 1. The first-order valence-electron chi connectivity index (χ1n) is 13.7. The van der Waals surface area contributed by atoms with E-state index < -0.39 is 0 Å². The Morgan fingerprint density at radius 1 is 1.00 bits per heavy atom. The van der Waals surface area contributed by atoms with Crippen LogP contribution < -0.4 is 9.64 Å². The molecule has 0 aliphatic carbocycles. The summed E-state index contributed by atoms with van der Waals surface area (Å²) in [6, 6.07) is 14.1. The zero-order chi connectivity index (χ0) is 25.9. The molecule has 2 atom stereocenters. The quantitative estimate of drug-likeness (QED) is 0.254. The predicted molar refractivity (Wildman–Crippen MR) is 151 cm³/mol. The molecule has 5 nitrogen and oxygen atoms in total. The van der Waals surface area contributed by atoms with Crippen LogP contribution in [-0.4, -0.2) is 53.8 Å². The van der Waals surface area contributed by atoms with Crippen molar-refractivity contribution in [1.82, 2.24) is 14.5 Å². The molecule has 0 amide bonds. The van der Waals surface area contributed by atoms with Gasteiger partial charge in [-0.05, 0) is 67.5 Å². The highest BCUT2D eigenvalue weighted by molar-refractivity contribution is 5.92. The molecule has 2 aromatic carbocycles. The Hall–Kier alpha value is -3.12. The molecule has 1 fully saturated rings. The standard InChI is InChI=1S/C31H39FN4O/c1-5-22(28-21-34(3)29-19-24(32)10-12-27(28)29)9-11-25(6-2)35-14-16-36(17-15-35)30-20-26(37-4)18-23-8-7-13-33-31(23)30/h7-8,10,12-13,18-22,25H,5-6,9,11,14-17H2,1-4H3. The number of piperazine rings is 1. The molecule has 3 heterocycles. The summed E-state index contributed by atoms with van der Waals surface area (Å²) in [7, 11) is 3.75. The normalized spacial score (nSPS) is 16.4. The van der Waals surface area contributed by atoms with E-state index in [9.17, 15) is 4.39 Å². The Morgan fingerprint density at radius 3 is 2.54 bits per heavy atom. The fourth-order valence-corrected chi connectivity index (χ4v) is 6.16. The lowest BCUT2D eigenvalue weighted by Gasteiger charge is -2.40. The minimum Gasteiger partial charge on any atom is -0.497 e. The van der Waals surface area contributed by atoms with Crippen molar-refractivity contribution in [3.8, 4) is 5.75 Å². The fraction of sp³-hybridized carbons (Fsp3) is 0.452. The van der Waals surface area contributed by atoms with Crippen molar-refractivity contribution in [1.29, 1.82) is 0 Å². The van der Waals surface area contributed by atoms with Gasteiger partial charge in [0.15, 0.2) is 0 Å². The van der Waals surface area contributed by atoms with E-state index in [1.165, 1.54) is 23.1 Å². The summed E-state index contributed by atoms with van der Waals surface area (Å²) >= 11 is 0. The van der Waals surface area contributed by atoms with E-state index in [-0.39, 0.29) is 5.82 Å². The van der Waals surface area contributed by atoms with E-state index >= 15 is 0 Å². The third kappa shape index (κ3) is 5.17. The number of aromatic nitrogens is 2. The third-order valence-electron chi connectivity index (χ3n) is 8.30. The second-order valence-electron chi connectivity index (χ2n) is 10.3. The van der Waals surface area contributed by atoms with Crippen molar-refractivity contribution in [3.05, 3.63) is 66.2 Å². The molecule has 196 valence electrons. The molecule has 1 aliphatic heterocycles. The average molecular weight is 503 g/mol. The largest absolute Gasteiger partial charge is 0.497 e. The molecule has 1 aliphatic rings. The highest BCUT2D eigenvalue weighted by atomic mass is 19.1. The molecule has 37 heavy (non-hydrogen) atoms. The maximum Gasteiger partial charge on any atom is 0.125 e. The number of benzene rings is 2. The number of halogens is 1. The van der Waals surface area contributed by atoms with Gasteiger partial charge in [0, 0.05) is 68.5 Å². The van der Waals surface area contributed by atoms with Crippen LogP contribution >= 0.6 is 0 Å². The van der Waals surface area contributed by atoms with Gasteiger partial charge in [-0.1, -0.05) is 19.9 Å². The number of fused-ring (bicyclic) bond motifs is 2. The second-order valence-corrected chi connectivity index (χ2v) is 10.3. The molecule has 6 heteroatoms. The lowest BCUT2D eigenvalue weighted by atomic mass is 9.89. The summed E-state index contributed by atoms with van der Waals surface area (Å²) in [4.78, 5) is 9.83. The van der Waals surface area contributed by atoms with Crippen LogP contribution in [0.3, 0.4) is 0 Å². The highest BCUT2D eigenvalue weighted by Gasteiger charge is 2.26. The van der Waals surface area contributed by atoms with E-state index in [2.05, 4.69) is 57.6 Å². The minimum absolute atomic E-state index is 0.170. The van der Waals surface area contributed by atoms with Crippen molar-refractivity contribution in [2.24, 2.45) is 7.05 Å². The molecule has 2 aromatic heterocycles. The molecular weight excluding hydrogens is 463 g/mol. The van der Waals surface area contributed by atoms with Gasteiger partial charge in [-0.3, -0.25) is 9.88 Å². The van der Waals surface area contributed by atoms with Crippen molar-refractivity contribution in [2.75, 3.05) is 38.2 Å². The molecular formula is C31H39FN4O. The van der Waals surface area contributed by atoms with E-state index in [0.29, 0.717) is 12.0 Å². The second kappa shape index (κ2) is 11.1. The Bertz CT molecular complexity index is 1360. The number of anilines is 1. The van der Waals surface area contributed by atoms with Crippen LogP contribution in [0.15, 0.2) is 54.9 Å². The Balaban J connectivity index is 1.26. The predicted octanol–water partition coefficient (Wildman–Crippen LogP) is 6.75. The molecule has 4 aromatic rings. The maximum absolute atomic E-state index is 13.8.